The quantitative estimate of drug-likeness (QED) is 0.739. The predicted molar refractivity (Wildman–Crippen MR) is 78.6 cm³/mol. The molecule has 0 aliphatic carbocycles. The number of carbonyl (C=O) groups is 2. The molecular formula is C14H23N3O4. The smallest absolute Gasteiger partial charge is 0.274 e. The molecule has 0 saturated heterocycles. The second-order valence-corrected chi connectivity index (χ2v) is 4.53. The number of nitrogens with one attached hydrogen (secondary N) is 1. The highest BCUT2D eigenvalue weighted by Gasteiger charge is 2.28. The molecule has 21 heavy (non-hydrogen) atoms. The van der Waals surface area contributed by atoms with Gasteiger partial charge in [-0.05, 0) is 27.7 Å². The van der Waals surface area contributed by atoms with Gasteiger partial charge < -0.3 is 25.0 Å². The Morgan fingerprint density at radius 1 is 0.810 bits per heavy atom. The normalized spacial score (nSPS) is 10.5. The van der Waals surface area contributed by atoms with E-state index in [1.165, 1.54) is 9.80 Å². The fourth-order valence-electron chi connectivity index (χ4n) is 2.13. The standard InChI is InChI=1S/C14H23N3O4/c1-5-16(6-2)13(20)9-11(18)12(19)10(15-9)14(21)17(7-3)8-4/h15,18-19H,5-8H2,1-4H3. The third-order valence-electron chi connectivity index (χ3n) is 3.48. The number of rotatable bonds is 6. The van der Waals surface area contributed by atoms with E-state index in [9.17, 15) is 19.8 Å². The van der Waals surface area contributed by atoms with E-state index < -0.39 is 23.3 Å². The van der Waals surface area contributed by atoms with Crippen molar-refractivity contribution in [2.75, 3.05) is 26.2 Å². The molecule has 7 heteroatoms. The topological polar surface area (TPSA) is 96.9 Å². The first-order chi connectivity index (χ1) is 9.92. The zero-order valence-electron chi connectivity index (χ0n) is 12.9. The molecule has 0 radical (unpaired) electrons. The van der Waals surface area contributed by atoms with Crippen molar-refractivity contribution in [3.8, 4) is 11.5 Å². The van der Waals surface area contributed by atoms with Crippen molar-refractivity contribution in [3.05, 3.63) is 11.4 Å². The van der Waals surface area contributed by atoms with Gasteiger partial charge in [0.15, 0.2) is 22.9 Å². The zero-order valence-corrected chi connectivity index (χ0v) is 12.9. The van der Waals surface area contributed by atoms with Crippen LogP contribution in [0.5, 0.6) is 11.5 Å². The van der Waals surface area contributed by atoms with Crippen LogP contribution in [0.25, 0.3) is 0 Å². The van der Waals surface area contributed by atoms with E-state index in [2.05, 4.69) is 4.98 Å². The third-order valence-corrected chi connectivity index (χ3v) is 3.48. The average Bonchev–Trinajstić information content (AvgIpc) is 2.77. The number of aromatic amines is 1. The molecule has 7 nitrogen and oxygen atoms in total. The molecule has 0 aliphatic rings. The van der Waals surface area contributed by atoms with Gasteiger partial charge in [0.1, 0.15) is 0 Å². The lowest BCUT2D eigenvalue weighted by Crippen LogP contribution is -2.32. The summed E-state index contributed by atoms with van der Waals surface area (Å²) in [4.78, 5) is 30.0. The van der Waals surface area contributed by atoms with E-state index >= 15 is 0 Å². The molecule has 0 bridgehead atoms. The number of nitrogens with zero attached hydrogens (tertiary/aromatic N) is 2. The average molecular weight is 297 g/mol. The van der Waals surface area contributed by atoms with E-state index in [-0.39, 0.29) is 11.4 Å². The van der Waals surface area contributed by atoms with Gasteiger partial charge in [0.2, 0.25) is 0 Å². The minimum atomic E-state index is -0.581. The molecule has 0 aromatic carbocycles. The Morgan fingerprint density at radius 2 is 1.10 bits per heavy atom. The molecule has 0 unspecified atom stereocenters. The number of amides is 2. The van der Waals surface area contributed by atoms with Crippen LogP contribution in [0.4, 0.5) is 0 Å². The molecule has 0 aliphatic heterocycles. The van der Waals surface area contributed by atoms with Gasteiger partial charge in [0.25, 0.3) is 11.8 Å². The van der Waals surface area contributed by atoms with Gasteiger partial charge in [-0.1, -0.05) is 0 Å². The molecule has 1 aromatic rings. The van der Waals surface area contributed by atoms with E-state index in [0.717, 1.165) is 0 Å². The Balaban J connectivity index is 3.20. The Hall–Kier alpha value is -2.18. The zero-order chi connectivity index (χ0) is 16.2. The van der Waals surface area contributed by atoms with Gasteiger partial charge in [-0.3, -0.25) is 9.59 Å². The van der Waals surface area contributed by atoms with Gasteiger partial charge in [-0.15, -0.1) is 0 Å². The van der Waals surface area contributed by atoms with Gasteiger partial charge in [0, 0.05) is 26.2 Å². The molecule has 1 rings (SSSR count). The summed E-state index contributed by atoms with van der Waals surface area (Å²) in [6, 6.07) is 0. The third kappa shape index (κ3) is 3.12. The van der Waals surface area contributed by atoms with Gasteiger partial charge in [0.05, 0.1) is 0 Å². The molecular weight excluding hydrogens is 274 g/mol. The minimum absolute atomic E-state index is 0.160. The van der Waals surface area contributed by atoms with Crippen LogP contribution in [0.15, 0.2) is 0 Å². The fourth-order valence-corrected chi connectivity index (χ4v) is 2.13. The first kappa shape index (κ1) is 16.9. The van der Waals surface area contributed by atoms with Crippen molar-refractivity contribution in [2.24, 2.45) is 0 Å². The summed E-state index contributed by atoms with van der Waals surface area (Å²) in [5.74, 6) is -2.07. The highest BCUT2D eigenvalue weighted by molar-refractivity contribution is 6.02. The predicted octanol–water partition coefficient (Wildman–Crippen LogP) is 1.39. The maximum absolute atomic E-state index is 12.2. The first-order valence-electron chi connectivity index (χ1n) is 7.15. The van der Waals surface area contributed by atoms with Crippen LogP contribution >= 0.6 is 0 Å². The van der Waals surface area contributed by atoms with E-state index in [1.807, 2.05) is 27.7 Å². The van der Waals surface area contributed by atoms with Crippen LogP contribution in [0.3, 0.4) is 0 Å². The van der Waals surface area contributed by atoms with Crippen LogP contribution < -0.4 is 0 Å². The second-order valence-electron chi connectivity index (χ2n) is 4.53. The van der Waals surface area contributed by atoms with Crippen molar-refractivity contribution < 1.29 is 19.8 Å². The van der Waals surface area contributed by atoms with Crippen molar-refractivity contribution in [1.82, 2.24) is 14.8 Å². The minimum Gasteiger partial charge on any atom is -0.503 e. The molecule has 2 amide bonds. The Bertz CT molecular complexity index is 472. The summed E-state index contributed by atoms with van der Waals surface area (Å²) in [6.45, 7) is 9.10. The summed E-state index contributed by atoms with van der Waals surface area (Å²) in [7, 11) is 0. The lowest BCUT2D eigenvalue weighted by molar-refractivity contribution is 0.0762. The van der Waals surface area contributed by atoms with Crippen molar-refractivity contribution in [2.45, 2.75) is 27.7 Å². The number of hydrogen-bond donors (Lipinski definition) is 3. The Kier molecular flexibility index (Phi) is 5.63. The van der Waals surface area contributed by atoms with Gasteiger partial charge in [-0.25, -0.2) is 0 Å². The van der Waals surface area contributed by atoms with Crippen molar-refractivity contribution in [3.63, 3.8) is 0 Å². The van der Waals surface area contributed by atoms with Crippen LogP contribution in [0, 0.1) is 0 Å². The maximum atomic E-state index is 12.2. The van der Waals surface area contributed by atoms with E-state index in [0.29, 0.717) is 26.2 Å². The number of H-pyrrole nitrogens is 1. The number of aromatic nitrogens is 1. The lowest BCUT2D eigenvalue weighted by atomic mass is 10.3. The molecule has 118 valence electrons. The van der Waals surface area contributed by atoms with Crippen LogP contribution in [0.2, 0.25) is 0 Å². The molecule has 0 fully saturated rings. The summed E-state index contributed by atoms with van der Waals surface area (Å²) >= 11 is 0. The number of hydrogen-bond acceptors (Lipinski definition) is 4. The van der Waals surface area contributed by atoms with Crippen LogP contribution in [0.1, 0.15) is 48.7 Å². The lowest BCUT2D eigenvalue weighted by Gasteiger charge is -2.18. The molecule has 3 N–H and O–H groups in total. The number of carbonyl (C=O) groups excluding carboxylic acids is 2. The van der Waals surface area contributed by atoms with Crippen molar-refractivity contribution >= 4 is 11.8 Å². The van der Waals surface area contributed by atoms with Crippen LogP contribution in [-0.4, -0.2) is 63.0 Å². The fraction of sp³-hybridized carbons (Fsp3) is 0.571. The maximum Gasteiger partial charge on any atom is 0.274 e. The van der Waals surface area contributed by atoms with E-state index in [1.54, 1.807) is 0 Å². The summed E-state index contributed by atoms with van der Waals surface area (Å²) < 4.78 is 0. The molecule has 1 heterocycles. The SMILES string of the molecule is CCN(CC)C(=O)c1[nH]c(C(=O)N(CC)CC)c(O)c1O. The molecule has 0 spiro atoms. The van der Waals surface area contributed by atoms with Gasteiger partial charge in [-0.2, -0.15) is 0 Å². The monoisotopic (exact) mass is 297 g/mol. The summed E-state index contributed by atoms with van der Waals surface area (Å²) in [6.07, 6.45) is 0. The molecule has 0 saturated carbocycles. The van der Waals surface area contributed by atoms with E-state index in [4.69, 9.17) is 0 Å². The molecule has 1 aromatic heterocycles. The highest BCUT2D eigenvalue weighted by atomic mass is 16.3. The summed E-state index contributed by atoms with van der Waals surface area (Å²) in [5, 5.41) is 19.8. The Morgan fingerprint density at radius 3 is 1.33 bits per heavy atom. The van der Waals surface area contributed by atoms with Gasteiger partial charge >= 0.3 is 0 Å². The largest absolute Gasteiger partial charge is 0.503 e. The molecule has 0 atom stereocenters. The van der Waals surface area contributed by atoms with Crippen molar-refractivity contribution in [1.29, 1.82) is 0 Å². The first-order valence-corrected chi connectivity index (χ1v) is 7.15. The summed E-state index contributed by atoms with van der Waals surface area (Å²) in [5.41, 5.74) is -0.321. The second kappa shape index (κ2) is 7.01. The highest BCUT2D eigenvalue weighted by Crippen LogP contribution is 2.34. The number of aromatic hydroxyl groups is 2. The Labute approximate surface area is 124 Å². The van der Waals surface area contributed by atoms with Crippen LogP contribution in [-0.2, 0) is 0 Å².